The normalized spacial score (nSPS) is 15.1. The molecule has 17 heteroatoms. The highest BCUT2D eigenvalue weighted by atomic mass is 19.4. The predicted octanol–water partition coefficient (Wildman–Crippen LogP) is 5.16. The number of nitrogens with zero attached hydrogens (tertiary/aromatic N) is 4. The van der Waals surface area contributed by atoms with Crippen molar-refractivity contribution < 1.29 is 55.7 Å². The molecule has 3 heterocycles. The zero-order chi connectivity index (χ0) is 33.5. The zero-order valence-corrected chi connectivity index (χ0v) is 24.0. The van der Waals surface area contributed by atoms with E-state index >= 15 is 0 Å². The highest BCUT2D eigenvalue weighted by Crippen LogP contribution is 2.25. The third kappa shape index (κ3) is 10.4. The minimum absolute atomic E-state index is 0.0532. The fourth-order valence-corrected chi connectivity index (χ4v) is 3.90. The number of halogens is 6. The zero-order valence-electron chi connectivity index (χ0n) is 24.0. The van der Waals surface area contributed by atoms with Crippen molar-refractivity contribution in [3.05, 3.63) is 53.7 Å². The summed E-state index contributed by atoms with van der Waals surface area (Å²) in [7, 11) is 1.73. The Kier molecular flexibility index (Phi) is 11.7. The molecule has 1 fully saturated rings. The van der Waals surface area contributed by atoms with E-state index in [4.69, 9.17) is 29.6 Å². The summed E-state index contributed by atoms with van der Waals surface area (Å²) in [6.07, 6.45) is -6.18. The van der Waals surface area contributed by atoms with Crippen LogP contribution in [0.3, 0.4) is 0 Å². The van der Waals surface area contributed by atoms with Crippen molar-refractivity contribution in [2.24, 2.45) is 0 Å². The molecule has 242 valence electrons. The SMILES string of the molecule is COC[C@@H]1CCCN1c1ccc2nc(NC(=O)c3ccc(C(C)(C)C)cc3)cn2n1.O=C(O)C(F)(F)F.O=C(O)C(F)(F)F. The summed E-state index contributed by atoms with van der Waals surface area (Å²) in [5.41, 5.74) is 2.54. The number of carbonyl (C=O) groups excluding carboxylic acids is 1. The van der Waals surface area contributed by atoms with Gasteiger partial charge >= 0.3 is 24.3 Å². The molecule has 1 atom stereocenters. The molecule has 0 unspecified atom stereocenters. The molecule has 4 rings (SSSR count). The number of carboxylic acids is 2. The van der Waals surface area contributed by atoms with Crippen molar-refractivity contribution in [1.29, 1.82) is 0 Å². The van der Waals surface area contributed by atoms with Gasteiger partial charge in [0.25, 0.3) is 5.91 Å². The minimum Gasteiger partial charge on any atom is -0.475 e. The van der Waals surface area contributed by atoms with E-state index in [9.17, 15) is 31.1 Å². The lowest BCUT2D eigenvalue weighted by atomic mass is 9.87. The number of amides is 1. The Bertz CT molecular complexity index is 1410. The smallest absolute Gasteiger partial charge is 0.475 e. The van der Waals surface area contributed by atoms with Gasteiger partial charge in [0.15, 0.2) is 11.5 Å². The first-order valence-corrected chi connectivity index (χ1v) is 12.9. The first-order valence-electron chi connectivity index (χ1n) is 12.9. The molecule has 0 aliphatic carbocycles. The standard InChI is InChI=1S/C23H29N5O2.2C2HF3O2/c1-23(2,3)17-9-7-16(8-10-17)22(29)25-19-14-28-20(24-19)11-12-21(26-28)27-13-5-6-18(27)15-30-4;2*3-2(4,5)1(6)7/h7-12,14,18H,5-6,13,15H2,1-4H3,(H,25,29);2*(H,6,7)/t18-;;/m0../s1. The Labute approximate surface area is 247 Å². The fourth-order valence-electron chi connectivity index (χ4n) is 3.90. The van der Waals surface area contributed by atoms with E-state index in [1.807, 2.05) is 36.4 Å². The monoisotopic (exact) mass is 635 g/mol. The van der Waals surface area contributed by atoms with Crippen molar-refractivity contribution in [1.82, 2.24) is 14.6 Å². The van der Waals surface area contributed by atoms with Crippen LogP contribution in [-0.2, 0) is 19.7 Å². The summed E-state index contributed by atoms with van der Waals surface area (Å²) < 4.78 is 70.5. The minimum atomic E-state index is -5.08. The number of aliphatic carboxylic acids is 2. The van der Waals surface area contributed by atoms with Gasteiger partial charge in [-0.1, -0.05) is 32.9 Å². The van der Waals surface area contributed by atoms with Crippen LogP contribution < -0.4 is 10.2 Å². The van der Waals surface area contributed by atoms with Gasteiger partial charge in [-0.05, 0) is 48.1 Å². The Morgan fingerprint density at radius 2 is 1.50 bits per heavy atom. The quantitative estimate of drug-likeness (QED) is 0.324. The average molecular weight is 636 g/mol. The molecule has 2 aromatic heterocycles. The number of nitrogens with one attached hydrogen (secondary N) is 1. The van der Waals surface area contributed by atoms with Crippen molar-refractivity contribution >= 4 is 35.1 Å². The average Bonchev–Trinajstić information content (AvgIpc) is 3.54. The topological polar surface area (TPSA) is 146 Å². The van der Waals surface area contributed by atoms with Gasteiger partial charge in [0.2, 0.25) is 0 Å². The van der Waals surface area contributed by atoms with Gasteiger partial charge in [0, 0.05) is 19.2 Å². The third-order valence-corrected chi connectivity index (χ3v) is 6.08. The van der Waals surface area contributed by atoms with Crippen LogP contribution in [0.5, 0.6) is 0 Å². The number of carbonyl (C=O) groups is 3. The van der Waals surface area contributed by atoms with Crippen molar-refractivity contribution in [3.63, 3.8) is 0 Å². The molecule has 1 aliphatic rings. The number of aromatic nitrogens is 3. The number of methoxy groups -OCH3 is 1. The molecule has 11 nitrogen and oxygen atoms in total. The van der Waals surface area contributed by atoms with Gasteiger partial charge in [0.1, 0.15) is 5.82 Å². The lowest BCUT2D eigenvalue weighted by molar-refractivity contribution is -0.193. The van der Waals surface area contributed by atoms with Crippen LogP contribution in [0.1, 0.15) is 49.5 Å². The molecule has 0 radical (unpaired) electrons. The van der Waals surface area contributed by atoms with E-state index in [-0.39, 0.29) is 11.3 Å². The molecule has 44 heavy (non-hydrogen) atoms. The number of imidazole rings is 1. The molecule has 3 N–H and O–H groups in total. The number of alkyl halides is 6. The number of rotatable bonds is 5. The van der Waals surface area contributed by atoms with Crippen molar-refractivity contribution in [2.45, 2.75) is 57.4 Å². The first-order chi connectivity index (χ1) is 20.2. The second-order valence-corrected chi connectivity index (χ2v) is 10.5. The number of ether oxygens (including phenoxy) is 1. The van der Waals surface area contributed by atoms with E-state index in [2.05, 4.69) is 36.0 Å². The van der Waals surface area contributed by atoms with E-state index in [1.165, 1.54) is 5.56 Å². The van der Waals surface area contributed by atoms with Crippen LogP contribution >= 0.6 is 0 Å². The molecule has 0 bridgehead atoms. The highest BCUT2D eigenvalue weighted by Gasteiger charge is 2.39. The maximum atomic E-state index is 12.6. The number of benzene rings is 1. The number of carboxylic acid groups (broad SMARTS) is 2. The maximum Gasteiger partial charge on any atom is 0.490 e. The second-order valence-electron chi connectivity index (χ2n) is 10.5. The number of fused-ring (bicyclic) bond motifs is 1. The molecule has 1 aliphatic heterocycles. The Morgan fingerprint density at radius 3 is 1.98 bits per heavy atom. The van der Waals surface area contributed by atoms with Gasteiger partial charge in [-0.2, -0.15) is 26.3 Å². The third-order valence-electron chi connectivity index (χ3n) is 6.08. The predicted molar refractivity (Wildman–Crippen MR) is 146 cm³/mol. The summed E-state index contributed by atoms with van der Waals surface area (Å²) in [4.78, 5) is 37.2. The van der Waals surface area contributed by atoms with Crippen molar-refractivity contribution in [3.8, 4) is 0 Å². The fraction of sp³-hybridized carbons (Fsp3) is 0.444. The van der Waals surface area contributed by atoms with Gasteiger partial charge in [-0.25, -0.2) is 19.1 Å². The van der Waals surface area contributed by atoms with Gasteiger partial charge < -0.3 is 25.2 Å². The Morgan fingerprint density at radius 1 is 0.955 bits per heavy atom. The first kappa shape index (κ1) is 35.8. The lowest BCUT2D eigenvalue weighted by Crippen LogP contribution is -2.33. The van der Waals surface area contributed by atoms with Crippen LogP contribution in [0.2, 0.25) is 0 Å². The Hall–Kier alpha value is -4.41. The molecule has 1 amide bonds. The van der Waals surface area contributed by atoms with Crippen LogP contribution in [-0.4, -0.2) is 81.3 Å². The summed E-state index contributed by atoms with van der Waals surface area (Å²) in [5, 5.41) is 21.8. The number of hydrogen-bond acceptors (Lipinski definition) is 7. The van der Waals surface area contributed by atoms with Crippen LogP contribution in [0.25, 0.3) is 5.65 Å². The summed E-state index contributed by atoms with van der Waals surface area (Å²) >= 11 is 0. The summed E-state index contributed by atoms with van der Waals surface area (Å²) in [6.45, 7) is 8.12. The van der Waals surface area contributed by atoms with E-state index in [0.29, 0.717) is 29.7 Å². The van der Waals surface area contributed by atoms with Crippen LogP contribution in [0.15, 0.2) is 42.6 Å². The van der Waals surface area contributed by atoms with E-state index in [1.54, 1.807) is 17.8 Å². The second kappa shape index (κ2) is 14.4. The number of anilines is 2. The maximum absolute atomic E-state index is 12.6. The molecular weight excluding hydrogens is 604 g/mol. The molecule has 0 spiro atoms. The summed E-state index contributed by atoms with van der Waals surface area (Å²) in [6, 6.07) is 12.0. The molecular formula is C27H31F6N5O6. The van der Waals surface area contributed by atoms with Gasteiger partial charge in [-0.3, -0.25) is 4.79 Å². The summed E-state index contributed by atoms with van der Waals surface area (Å²) in [5.74, 6) is -4.31. The molecule has 1 aromatic carbocycles. The number of hydrogen-bond donors (Lipinski definition) is 3. The lowest BCUT2D eigenvalue weighted by Gasteiger charge is -2.24. The Balaban J connectivity index is 0.000000402. The molecule has 1 saturated heterocycles. The van der Waals surface area contributed by atoms with Crippen molar-refractivity contribution in [2.75, 3.05) is 30.5 Å². The van der Waals surface area contributed by atoms with Crippen LogP contribution in [0, 0.1) is 0 Å². The largest absolute Gasteiger partial charge is 0.490 e. The highest BCUT2D eigenvalue weighted by molar-refractivity contribution is 6.03. The molecule has 0 saturated carbocycles. The van der Waals surface area contributed by atoms with Gasteiger partial charge in [0.05, 0.1) is 18.8 Å². The van der Waals surface area contributed by atoms with E-state index < -0.39 is 24.3 Å². The van der Waals surface area contributed by atoms with E-state index in [0.717, 1.165) is 25.2 Å². The van der Waals surface area contributed by atoms with Gasteiger partial charge in [-0.15, -0.1) is 5.10 Å². The molecule has 3 aromatic rings. The van der Waals surface area contributed by atoms with Crippen LogP contribution in [0.4, 0.5) is 38.0 Å².